The summed E-state index contributed by atoms with van der Waals surface area (Å²) in [7, 11) is 1.71. The number of nitrogens with zero attached hydrogens (tertiary/aromatic N) is 4. The average molecular weight is 431 g/mol. The Bertz CT molecular complexity index is 697. The lowest BCUT2D eigenvalue weighted by Crippen LogP contribution is -2.58. The van der Waals surface area contributed by atoms with Crippen molar-refractivity contribution in [3.05, 3.63) is 24.3 Å². The number of ether oxygens (including phenoxy) is 2. The summed E-state index contributed by atoms with van der Waals surface area (Å²) in [5.74, 6) is 0.918. The lowest BCUT2D eigenvalue weighted by Gasteiger charge is -2.46. The Kier molecular flexibility index (Phi) is 7.56. The number of carbonyl (C=O) groups is 1. The van der Waals surface area contributed by atoms with Gasteiger partial charge in [-0.25, -0.2) is 4.79 Å². The number of piperidine rings is 2. The van der Waals surface area contributed by atoms with Crippen molar-refractivity contribution >= 4 is 11.8 Å². The molecule has 0 aromatic heterocycles. The summed E-state index contributed by atoms with van der Waals surface area (Å²) >= 11 is 0. The van der Waals surface area contributed by atoms with Gasteiger partial charge in [-0.2, -0.15) is 0 Å². The minimum atomic E-state index is -0.156. The molecule has 0 spiro atoms. The Morgan fingerprint density at radius 1 is 0.903 bits per heavy atom. The van der Waals surface area contributed by atoms with Gasteiger partial charge >= 0.3 is 6.09 Å². The summed E-state index contributed by atoms with van der Waals surface area (Å²) in [6.07, 6.45) is 4.86. The molecule has 172 valence electrons. The Balaban J connectivity index is 1.24. The number of likely N-dealkylation sites (tertiary alicyclic amines) is 1. The number of methoxy groups -OCH3 is 1. The molecule has 1 amide bonds. The third kappa shape index (κ3) is 5.44. The van der Waals surface area contributed by atoms with E-state index in [4.69, 9.17) is 9.47 Å². The minimum absolute atomic E-state index is 0.156. The molecule has 0 unspecified atom stereocenters. The molecule has 3 heterocycles. The summed E-state index contributed by atoms with van der Waals surface area (Å²) in [4.78, 5) is 21.7. The van der Waals surface area contributed by atoms with Crippen molar-refractivity contribution in [2.45, 2.75) is 44.7 Å². The quantitative estimate of drug-likeness (QED) is 0.716. The second-order valence-electron chi connectivity index (χ2n) is 8.93. The molecular weight excluding hydrogens is 392 g/mol. The standard InChI is InChI=1S/C24H38N4O3/c1-3-31-24(29)27-17-15-26(16-18-27)22-5-4-12-28(19-22)21-10-13-25(14-11-21)20-6-8-23(30-2)9-7-20/h6-9,21-22H,3-5,10-19H2,1-2H3/t22-/m1/s1. The van der Waals surface area contributed by atoms with E-state index < -0.39 is 0 Å². The van der Waals surface area contributed by atoms with E-state index in [-0.39, 0.29) is 6.09 Å². The molecule has 0 aliphatic carbocycles. The first-order valence-corrected chi connectivity index (χ1v) is 12.0. The van der Waals surface area contributed by atoms with Crippen LogP contribution in [0.15, 0.2) is 24.3 Å². The lowest BCUT2D eigenvalue weighted by atomic mass is 9.96. The summed E-state index contributed by atoms with van der Waals surface area (Å²) in [6, 6.07) is 9.77. The molecule has 0 N–H and O–H groups in total. The highest BCUT2D eigenvalue weighted by Crippen LogP contribution is 2.27. The molecule has 1 aromatic rings. The first kappa shape index (κ1) is 22.2. The zero-order valence-corrected chi connectivity index (χ0v) is 19.2. The number of hydrogen-bond donors (Lipinski definition) is 0. The van der Waals surface area contributed by atoms with E-state index in [2.05, 4.69) is 39.0 Å². The van der Waals surface area contributed by atoms with Crippen molar-refractivity contribution in [2.24, 2.45) is 0 Å². The number of anilines is 1. The highest BCUT2D eigenvalue weighted by molar-refractivity contribution is 5.67. The third-order valence-electron chi connectivity index (χ3n) is 7.20. The van der Waals surface area contributed by atoms with Crippen LogP contribution in [-0.4, -0.2) is 99.0 Å². The number of piperazine rings is 1. The van der Waals surface area contributed by atoms with Crippen molar-refractivity contribution in [3.8, 4) is 5.75 Å². The largest absolute Gasteiger partial charge is 0.497 e. The molecule has 7 heteroatoms. The van der Waals surface area contributed by atoms with E-state index in [1.165, 1.54) is 44.5 Å². The highest BCUT2D eigenvalue weighted by Gasteiger charge is 2.33. The van der Waals surface area contributed by atoms with Crippen molar-refractivity contribution in [2.75, 3.05) is 71.0 Å². The van der Waals surface area contributed by atoms with Crippen molar-refractivity contribution < 1.29 is 14.3 Å². The maximum absolute atomic E-state index is 12.0. The van der Waals surface area contributed by atoms with Crippen molar-refractivity contribution in [3.63, 3.8) is 0 Å². The topological polar surface area (TPSA) is 48.5 Å². The lowest BCUT2D eigenvalue weighted by molar-refractivity contribution is 0.0290. The van der Waals surface area contributed by atoms with Crippen molar-refractivity contribution in [1.82, 2.24) is 14.7 Å². The molecule has 0 saturated carbocycles. The molecule has 0 radical (unpaired) electrons. The fourth-order valence-corrected chi connectivity index (χ4v) is 5.38. The Labute approximate surface area is 186 Å². The molecule has 3 saturated heterocycles. The zero-order chi connectivity index (χ0) is 21.6. The summed E-state index contributed by atoms with van der Waals surface area (Å²) in [5.41, 5.74) is 1.30. The van der Waals surface area contributed by atoms with Crippen LogP contribution in [0, 0.1) is 0 Å². The van der Waals surface area contributed by atoms with E-state index in [1.54, 1.807) is 7.11 Å². The summed E-state index contributed by atoms with van der Waals surface area (Å²) in [6.45, 7) is 10.5. The molecule has 3 aliphatic rings. The average Bonchev–Trinajstić information content (AvgIpc) is 2.84. The SMILES string of the molecule is CCOC(=O)N1CCN([C@@H]2CCCN(C3CCN(c4ccc(OC)cc4)CC3)C2)CC1. The van der Waals surface area contributed by atoms with E-state index >= 15 is 0 Å². The smallest absolute Gasteiger partial charge is 0.409 e. The zero-order valence-electron chi connectivity index (χ0n) is 19.2. The second-order valence-corrected chi connectivity index (χ2v) is 8.93. The van der Waals surface area contributed by atoms with Gasteiger partial charge in [-0.3, -0.25) is 9.80 Å². The van der Waals surface area contributed by atoms with E-state index in [1.807, 2.05) is 11.8 Å². The van der Waals surface area contributed by atoms with Gasteiger partial charge in [0, 0.05) is 63.6 Å². The highest BCUT2D eigenvalue weighted by atomic mass is 16.6. The van der Waals surface area contributed by atoms with Gasteiger partial charge < -0.3 is 19.3 Å². The van der Waals surface area contributed by atoms with Crippen LogP contribution in [0.2, 0.25) is 0 Å². The van der Waals surface area contributed by atoms with Gasteiger partial charge in [-0.15, -0.1) is 0 Å². The summed E-state index contributed by atoms with van der Waals surface area (Å²) in [5, 5.41) is 0. The second kappa shape index (κ2) is 10.6. The predicted molar refractivity (Wildman–Crippen MR) is 123 cm³/mol. The van der Waals surface area contributed by atoms with E-state index in [0.29, 0.717) is 18.7 Å². The molecule has 0 bridgehead atoms. The van der Waals surface area contributed by atoms with Crippen LogP contribution in [-0.2, 0) is 4.74 Å². The first-order valence-electron chi connectivity index (χ1n) is 12.0. The maximum Gasteiger partial charge on any atom is 0.409 e. The molecule has 7 nitrogen and oxygen atoms in total. The summed E-state index contributed by atoms with van der Waals surface area (Å²) < 4.78 is 10.4. The van der Waals surface area contributed by atoms with E-state index in [9.17, 15) is 4.79 Å². The number of rotatable bonds is 5. The predicted octanol–water partition coefficient (Wildman–Crippen LogP) is 2.90. The number of amides is 1. The fourth-order valence-electron chi connectivity index (χ4n) is 5.38. The monoisotopic (exact) mass is 430 g/mol. The molecule has 1 aromatic carbocycles. The van der Waals surface area contributed by atoms with Crippen LogP contribution in [0.4, 0.5) is 10.5 Å². The van der Waals surface area contributed by atoms with Crippen LogP contribution >= 0.6 is 0 Å². The molecular formula is C24H38N4O3. The molecule has 31 heavy (non-hydrogen) atoms. The van der Waals surface area contributed by atoms with Crippen LogP contribution < -0.4 is 9.64 Å². The Morgan fingerprint density at radius 3 is 2.26 bits per heavy atom. The van der Waals surface area contributed by atoms with Gasteiger partial charge in [0.2, 0.25) is 0 Å². The van der Waals surface area contributed by atoms with Gasteiger partial charge in [0.25, 0.3) is 0 Å². The van der Waals surface area contributed by atoms with Gasteiger partial charge in [0.1, 0.15) is 5.75 Å². The Hall–Kier alpha value is -1.99. The number of carbonyl (C=O) groups excluding carboxylic acids is 1. The molecule has 1 atom stereocenters. The van der Waals surface area contributed by atoms with Gasteiger partial charge in [-0.05, 0) is 63.4 Å². The van der Waals surface area contributed by atoms with Gasteiger partial charge in [-0.1, -0.05) is 0 Å². The number of hydrogen-bond acceptors (Lipinski definition) is 6. The molecule has 3 aliphatic heterocycles. The molecule has 4 rings (SSSR count). The van der Waals surface area contributed by atoms with Crippen molar-refractivity contribution in [1.29, 1.82) is 0 Å². The van der Waals surface area contributed by atoms with E-state index in [0.717, 1.165) is 45.0 Å². The maximum atomic E-state index is 12.0. The third-order valence-corrected chi connectivity index (χ3v) is 7.20. The van der Waals surface area contributed by atoms with Crippen LogP contribution in [0.1, 0.15) is 32.6 Å². The normalized spacial score (nSPS) is 24.3. The van der Waals surface area contributed by atoms with Crippen LogP contribution in [0.25, 0.3) is 0 Å². The number of benzene rings is 1. The van der Waals surface area contributed by atoms with Crippen LogP contribution in [0.5, 0.6) is 5.75 Å². The first-order chi connectivity index (χ1) is 15.2. The minimum Gasteiger partial charge on any atom is -0.497 e. The van der Waals surface area contributed by atoms with Crippen LogP contribution in [0.3, 0.4) is 0 Å². The molecule has 3 fully saturated rings. The Morgan fingerprint density at radius 2 is 1.61 bits per heavy atom. The van der Waals surface area contributed by atoms with Gasteiger partial charge in [0.15, 0.2) is 0 Å². The van der Waals surface area contributed by atoms with Gasteiger partial charge in [0.05, 0.1) is 13.7 Å². The fraction of sp³-hybridized carbons (Fsp3) is 0.708.